The number of phenolic OH excluding ortho intramolecular Hbond substituents is 1. The fraction of sp³-hybridized carbons (Fsp3) is 0.167. The largest absolute Gasteiger partial charge is 0.507 e. The first-order valence-electron chi connectivity index (χ1n) is 5.13. The molecule has 1 saturated heterocycles. The molecule has 16 heavy (non-hydrogen) atoms. The van der Waals surface area contributed by atoms with Crippen LogP contribution in [0.3, 0.4) is 0 Å². The lowest BCUT2D eigenvalue weighted by atomic mass is 10.1. The number of aromatic hydroxyl groups is 1. The van der Waals surface area contributed by atoms with Crippen LogP contribution < -0.4 is 5.30 Å². The van der Waals surface area contributed by atoms with E-state index >= 15 is 0 Å². The van der Waals surface area contributed by atoms with Crippen LogP contribution in [0.15, 0.2) is 36.4 Å². The van der Waals surface area contributed by atoms with Gasteiger partial charge in [-0.15, -0.1) is 0 Å². The van der Waals surface area contributed by atoms with Gasteiger partial charge in [0, 0.05) is 0 Å². The highest BCUT2D eigenvalue weighted by molar-refractivity contribution is 7.57. The molecule has 0 saturated carbocycles. The summed E-state index contributed by atoms with van der Waals surface area (Å²) in [5.41, 5.74) is 0. The Kier molecular flexibility index (Phi) is 2.52. The quantitative estimate of drug-likeness (QED) is 0.770. The van der Waals surface area contributed by atoms with E-state index in [0.29, 0.717) is 13.2 Å². The number of phenols is 1. The monoisotopic (exact) mass is 234 g/mol. The average molecular weight is 234 g/mol. The summed E-state index contributed by atoms with van der Waals surface area (Å²) in [6, 6.07) is 11.5. The second kappa shape index (κ2) is 4.02. The van der Waals surface area contributed by atoms with Gasteiger partial charge in [0.1, 0.15) is 5.75 Å². The molecule has 82 valence electrons. The van der Waals surface area contributed by atoms with Crippen molar-refractivity contribution in [1.29, 1.82) is 0 Å². The summed E-state index contributed by atoms with van der Waals surface area (Å²) in [5, 5.41) is 12.8. The summed E-state index contributed by atoms with van der Waals surface area (Å²) in [5.74, 6) is 0.256. The zero-order chi connectivity index (χ0) is 11.0. The van der Waals surface area contributed by atoms with Crippen LogP contribution in [0, 0.1) is 0 Å². The number of fused-ring (bicyclic) bond motifs is 1. The van der Waals surface area contributed by atoms with E-state index in [9.17, 15) is 5.11 Å². The van der Waals surface area contributed by atoms with Crippen LogP contribution >= 0.6 is 8.38 Å². The molecule has 0 bridgehead atoms. The highest BCUT2D eigenvalue weighted by atomic mass is 31.2. The molecule has 4 heteroatoms. The SMILES string of the molecule is Oc1ccc2ccccc2c1P1OCCO1. The van der Waals surface area contributed by atoms with Crippen LogP contribution in [-0.2, 0) is 9.05 Å². The van der Waals surface area contributed by atoms with Gasteiger partial charge >= 0.3 is 0 Å². The van der Waals surface area contributed by atoms with E-state index in [1.807, 2.05) is 30.3 Å². The highest BCUT2D eigenvalue weighted by Crippen LogP contribution is 2.45. The van der Waals surface area contributed by atoms with Gasteiger partial charge in [0.05, 0.1) is 18.5 Å². The van der Waals surface area contributed by atoms with Crippen molar-refractivity contribution in [3.05, 3.63) is 36.4 Å². The van der Waals surface area contributed by atoms with Gasteiger partial charge in [0.15, 0.2) is 0 Å². The van der Waals surface area contributed by atoms with E-state index < -0.39 is 8.38 Å². The minimum absolute atomic E-state index is 0.256. The highest BCUT2D eigenvalue weighted by Gasteiger charge is 2.24. The van der Waals surface area contributed by atoms with Crippen molar-refractivity contribution < 1.29 is 14.2 Å². The van der Waals surface area contributed by atoms with Crippen molar-refractivity contribution in [2.45, 2.75) is 0 Å². The molecule has 1 fully saturated rings. The molecule has 0 radical (unpaired) electrons. The van der Waals surface area contributed by atoms with E-state index in [1.54, 1.807) is 6.07 Å². The summed E-state index contributed by atoms with van der Waals surface area (Å²) in [4.78, 5) is 0. The molecule has 1 aliphatic rings. The third-order valence-corrected chi connectivity index (χ3v) is 4.23. The molecule has 0 unspecified atom stereocenters. The molecule has 0 atom stereocenters. The van der Waals surface area contributed by atoms with Crippen LogP contribution in [-0.4, -0.2) is 18.3 Å². The van der Waals surface area contributed by atoms with E-state index in [-0.39, 0.29) is 5.75 Å². The smallest absolute Gasteiger partial charge is 0.209 e. The maximum Gasteiger partial charge on any atom is 0.209 e. The average Bonchev–Trinajstić information content (AvgIpc) is 2.82. The third-order valence-electron chi connectivity index (χ3n) is 2.56. The lowest BCUT2D eigenvalue weighted by Crippen LogP contribution is -2.03. The summed E-state index contributed by atoms with van der Waals surface area (Å²) in [7, 11) is -1.11. The second-order valence-corrected chi connectivity index (χ2v) is 5.06. The molecule has 3 nitrogen and oxygen atoms in total. The zero-order valence-electron chi connectivity index (χ0n) is 8.59. The van der Waals surface area contributed by atoms with Crippen molar-refractivity contribution in [3.8, 4) is 5.75 Å². The Morgan fingerprint density at radius 1 is 1.00 bits per heavy atom. The lowest BCUT2D eigenvalue weighted by molar-refractivity contribution is 0.365. The summed E-state index contributed by atoms with van der Waals surface area (Å²) in [6.45, 7) is 1.21. The Balaban J connectivity index is 2.23. The first-order chi connectivity index (χ1) is 7.86. The molecular weight excluding hydrogens is 223 g/mol. The molecule has 0 spiro atoms. The van der Waals surface area contributed by atoms with Crippen molar-refractivity contribution in [3.63, 3.8) is 0 Å². The van der Waals surface area contributed by atoms with Crippen LogP contribution in [0.25, 0.3) is 10.8 Å². The maximum atomic E-state index is 9.93. The molecule has 1 heterocycles. The number of hydrogen-bond acceptors (Lipinski definition) is 3. The topological polar surface area (TPSA) is 38.7 Å². The molecule has 1 aliphatic heterocycles. The Hall–Kier alpha value is -1.15. The first-order valence-corrected chi connectivity index (χ1v) is 6.31. The summed E-state index contributed by atoms with van der Waals surface area (Å²) < 4.78 is 11.0. The molecule has 0 amide bonds. The fourth-order valence-corrected chi connectivity index (χ4v) is 3.32. The van der Waals surface area contributed by atoms with Gasteiger partial charge in [0.2, 0.25) is 8.38 Å². The molecular formula is C12H11O3P. The third kappa shape index (κ3) is 1.57. The summed E-state index contributed by atoms with van der Waals surface area (Å²) in [6.07, 6.45) is 0. The van der Waals surface area contributed by atoms with Gasteiger partial charge in [-0.2, -0.15) is 0 Å². The second-order valence-electron chi connectivity index (χ2n) is 3.58. The molecule has 2 aromatic carbocycles. The Labute approximate surface area is 94.5 Å². The molecule has 2 aromatic rings. The van der Waals surface area contributed by atoms with Crippen LogP contribution in [0.2, 0.25) is 0 Å². The van der Waals surface area contributed by atoms with Crippen LogP contribution in [0.1, 0.15) is 0 Å². The first kappa shape index (κ1) is 10.0. The van der Waals surface area contributed by atoms with E-state index in [1.165, 1.54) is 0 Å². The van der Waals surface area contributed by atoms with Gasteiger partial charge in [0.25, 0.3) is 0 Å². The van der Waals surface area contributed by atoms with Crippen molar-refractivity contribution in [2.75, 3.05) is 13.2 Å². The van der Waals surface area contributed by atoms with Crippen molar-refractivity contribution in [1.82, 2.24) is 0 Å². The fourth-order valence-electron chi connectivity index (χ4n) is 1.84. The van der Waals surface area contributed by atoms with E-state index in [2.05, 4.69) is 0 Å². The molecule has 3 rings (SSSR count). The summed E-state index contributed by atoms with van der Waals surface area (Å²) >= 11 is 0. The number of rotatable bonds is 1. The Morgan fingerprint density at radius 2 is 1.75 bits per heavy atom. The normalized spacial score (nSPS) is 17.0. The van der Waals surface area contributed by atoms with Crippen molar-refractivity contribution >= 4 is 24.5 Å². The van der Waals surface area contributed by atoms with Gasteiger partial charge in [-0.25, -0.2) is 0 Å². The predicted octanol–water partition coefficient (Wildman–Crippen LogP) is 2.53. The zero-order valence-corrected chi connectivity index (χ0v) is 9.48. The predicted molar refractivity (Wildman–Crippen MR) is 64.1 cm³/mol. The van der Waals surface area contributed by atoms with Crippen LogP contribution in [0.5, 0.6) is 5.75 Å². The minimum Gasteiger partial charge on any atom is -0.507 e. The lowest BCUT2D eigenvalue weighted by Gasteiger charge is -2.12. The number of benzene rings is 2. The van der Waals surface area contributed by atoms with Crippen molar-refractivity contribution in [2.24, 2.45) is 0 Å². The minimum atomic E-state index is -1.11. The van der Waals surface area contributed by atoms with Crippen LogP contribution in [0.4, 0.5) is 0 Å². The maximum absolute atomic E-state index is 9.93. The molecule has 0 aliphatic carbocycles. The van der Waals surface area contributed by atoms with Gasteiger partial charge < -0.3 is 14.2 Å². The van der Waals surface area contributed by atoms with Gasteiger partial charge in [-0.05, 0) is 16.8 Å². The van der Waals surface area contributed by atoms with E-state index in [4.69, 9.17) is 9.05 Å². The van der Waals surface area contributed by atoms with Gasteiger partial charge in [-0.3, -0.25) is 0 Å². The Morgan fingerprint density at radius 3 is 2.56 bits per heavy atom. The molecule has 1 N–H and O–H groups in total. The molecule has 0 aromatic heterocycles. The number of hydrogen-bond donors (Lipinski definition) is 1. The standard InChI is InChI=1S/C12H11O3P/c13-11-6-5-9-3-1-2-4-10(9)12(11)16-14-7-8-15-16/h1-6,13H,7-8H2. The van der Waals surface area contributed by atoms with Gasteiger partial charge in [-0.1, -0.05) is 30.3 Å². The van der Waals surface area contributed by atoms with E-state index in [0.717, 1.165) is 16.1 Å². The Bertz CT molecular complexity index is 521.